The molecule has 1 saturated heterocycles. The molecular formula is C8H10F9N3O6S3. The van der Waals surface area contributed by atoms with E-state index in [1.165, 1.54) is 0 Å². The van der Waals surface area contributed by atoms with Crippen molar-refractivity contribution in [2.24, 2.45) is 0 Å². The first-order chi connectivity index (χ1) is 12.6. The second-order valence-electron chi connectivity index (χ2n) is 5.30. The lowest BCUT2D eigenvalue weighted by Gasteiger charge is -2.35. The minimum Gasteiger partial charge on any atom is -0.314 e. The average Bonchev–Trinajstić information content (AvgIpc) is 2.52. The summed E-state index contributed by atoms with van der Waals surface area (Å²) < 4.78 is 185. The molecule has 1 heterocycles. The van der Waals surface area contributed by atoms with Gasteiger partial charge in [-0.1, -0.05) is 4.13 Å². The fraction of sp³-hybridized carbons (Fsp3) is 1.00. The molecule has 0 radical (unpaired) electrons. The number of halogens is 9. The second kappa shape index (κ2) is 7.35. The summed E-state index contributed by atoms with van der Waals surface area (Å²) in [6.45, 7) is -2.57. The summed E-state index contributed by atoms with van der Waals surface area (Å²) in [4.78, 5) is 0. The highest BCUT2D eigenvalue weighted by Gasteiger charge is 2.83. The highest BCUT2D eigenvalue weighted by molar-refractivity contribution is 8.05. The van der Waals surface area contributed by atoms with Crippen molar-refractivity contribution in [3.63, 3.8) is 0 Å². The van der Waals surface area contributed by atoms with Gasteiger partial charge in [0.2, 0.25) is 0 Å². The maximum atomic E-state index is 13.9. The Morgan fingerprint density at radius 3 is 1.48 bits per heavy atom. The number of alkyl halides is 9. The van der Waals surface area contributed by atoms with Crippen LogP contribution in [0.4, 0.5) is 39.5 Å². The van der Waals surface area contributed by atoms with Crippen LogP contribution in [-0.2, 0) is 30.1 Å². The molecule has 0 aromatic carbocycles. The van der Waals surface area contributed by atoms with Gasteiger partial charge in [0, 0.05) is 26.2 Å². The zero-order valence-corrected chi connectivity index (χ0v) is 15.8. The first-order valence-corrected chi connectivity index (χ1v) is 11.1. The summed E-state index contributed by atoms with van der Waals surface area (Å²) in [6, 6.07) is 0. The van der Waals surface area contributed by atoms with Gasteiger partial charge in [0.1, 0.15) is 0 Å². The van der Waals surface area contributed by atoms with Gasteiger partial charge >= 0.3 is 32.0 Å². The molecule has 0 saturated carbocycles. The summed E-state index contributed by atoms with van der Waals surface area (Å²) in [5.74, 6) is -7.39. The molecule has 0 aromatic rings. The molecular weight excluding hydrogens is 501 g/mol. The van der Waals surface area contributed by atoms with E-state index in [2.05, 4.69) is 5.32 Å². The maximum Gasteiger partial charge on any atom is 0.512 e. The molecule has 1 aliphatic heterocycles. The SMILES string of the molecule is O=S(=O)(NS(=O)(=O)C(F)(F)C(F)(F)C(F)(F)S(=O)(=O)N1CCNCC1)C(F)(F)F. The summed E-state index contributed by atoms with van der Waals surface area (Å²) in [7, 11) is -21.7. The van der Waals surface area contributed by atoms with Gasteiger partial charge in [0.25, 0.3) is 20.0 Å². The maximum absolute atomic E-state index is 13.9. The highest BCUT2D eigenvalue weighted by Crippen LogP contribution is 2.51. The third-order valence-corrected chi connectivity index (χ3v) is 8.58. The molecule has 0 unspecified atom stereocenters. The van der Waals surface area contributed by atoms with Crippen LogP contribution < -0.4 is 9.44 Å². The zero-order valence-electron chi connectivity index (χ0n) is 13.4. The fourth-order valence-corrected chi connectivity index (χ4v) is 5.71. The van der Waals surface area contributed by atoms with Gasteiger partial charge in [-0.15, -0.1) is 0 Å². The normalized spacial score (nSPS) is 19.3. The first-order valence-electron chi connectivity index (χ1n) is 6.74. The van der Waals surface area contributed by atoms with Crippen molar-refractivity contribution in [3.8, 4) is 0 Å². The minimum atomic E-state index is -7.75. The van der Waals surface area contributed by atoms with Crippen LogP contribution in [0, 0.1) is 0 Å². The van der Waals surface area contributed by atoms with E-state index in [0.29, 0.717) is 0 Å². The number of nitrogens with one attached hydrogen (secondary N) is 2. The second-order valence-corrected chi connectivity index (χ2v) is 10.9. The lowest BCUT2D eigenvalue weighted by atomic mass is 10.3. The van der Waals surface area contributed by atoms with E-state index in [4.69, 9.17) is 0 Å². The van der Waals surface area contributed by atoms with Crippen molar-refractivity contribution in [2.75, 3.05) is 26.2 Å². The average molecular weight is 511 g/mol. The molecule has 0 bridgehead atoms. The van der Waals surface area contributed by atoms with Gasteiger partial charge < -0.3 is 5.32 Å². The van der Waals surface area contributed by atoms with Crippen molar-refractivity contribution in [2.45, 2.75) is 21.9 Å². The van der Waals surface area contributed by atoms with E-state index in [1.807, 2.05) is 0 Å². The molecule has 1 rings (SSSR count). The molecule has 0 atom stereocenters. The Morgan fingerprint density at radius 2 is 1.10 bits per heavy atom. The third-order valence-electron chi connectivity index (χ3n) is 3.33. The van der Waals surface area contributed by atoms with Crippen LogP contribution in [0.2, 0.25) is 0 Å². The Kier molecular flexibility index (Phi) is 6.63. The number of piperazine rings is 1. The quantitative estimate of drug-likeness (QED) is 0.454. The molecule has 174 valence electrons. The summed E-state index contributed by atoms with van der Waals surface area (Å²) in [5, 5.41) is -11.8. The minimum absolute atomic E-state index is 0.374. The van der Waals surface area contributed by atoms with Crippen molar-refractivity contribution >= 4 is 30.1 Å². The van der Waals surface area contributed by atoms with Gasteiger partial charge in [0.15, 0.2) is 0 Å². The summed E-state index contributed by atoms with van der Waals surface area (Å²) in [5.41, 5.74) is -6.61. The lowest BCUT2D eigenvalue weighted by molar-refractivity contribution is -0.245. The van der Waals surface area contributed by atoms with Crippen molar-refractivity contribution in [1.29, 1.82) is 0 Å². The van der Waals surface area contributed by atoms with Gasteiger partial charge in [-0.05, 0) is 0 Å². The van der Waals surface area contributed by atoms with Gasteiger partial charge in [-0.25, -0.2) is 25.3 Å². The number of sulfonamides is 3. The molecule has 2 N–H and O–H groups in total. The van der Waals surface area contributed by atoms with Crippen LogP contribution in [0.5, 0.6) is 0 Å². The number of nitrogens with zero attached hydrogens (tertiary/aromatic N) is 1. The molecule has 0 aromatic heterocycles. The Bertz CT molecular complexity index is 938. The number of hydrogen-bond acceptors (Lipinski definition) is 7. The largest absolute Gasteiger partial charge is 0.512 e. The number of rotatable bonds is 7. The third kappa shape index (κ3) is 4.16. The molecule has 1 aliphatic rings. The van der Waals surface area contributed by atoms with E-state index < -0.39 is 69.2 Å². The Balaban J connectivity index is 3.47. The van der Waals surface area contributed by atoms with Crippen molar-refractivity contribution in [3.05, 3.63) is 0 Å². The van der Waals surface area contributed by atoms with Gasteiger partial charge in [-0.2, -0.15) is 43.8 Å². The molecule has 0 aliphatic carbocycles. The lowest BCUT2D eigenvalue weighted by Crippen LogP contribution is -2.66. The molecule has 0 amide bonds. The smallest absolute Gasteiger partial charge is 0.314 e. The highest BCUT2D eigenvalue weighted by atomic mass is 32.3. The topological polar surface area (TPSA) is 130 Å². The van der Waals surface area contributed by atoms with E-state index in [-0.39, 0.29) is 17.4 Å². The van der Waals surface area contributed by atoms with E-state index >= 15 is 0 Å². The van der Waals surface area contributed by atoms with E-state index in [0.717, 1.165) is 0 Å². The summed E-state index contributed by atoms with van der Waals surface area (Å²) in [6.07, 6.45) is 0. The van der Waals surface area contributed by atoms with E-state index in [1.54, 1.807) is 0 Å². The zero-order chi connectivity index (χ0) is 23.3. The van der Waals surface area contributed by atoms with E-state index in [9.17, 15) is 64.8 Å². The van der Waals surface area contributed by atoms with Crippen LogP contribution in [-0.4, -0.2) is 77.7 Å². The Labute approximate surface area is 157 Å². The van der Waals surface area contributed by atoms with Crippen LogP contribution in [0.3, 0.4) is 0 Å². The molecule has 21 heteroatoms. The molecule has 9 nitrogen and oxygen atoms in total. The Morgan fingerprint density at radius 1 is 0.690 bits per heavy atom. The molecule has 1 fully saturated rings. The molecule has 0 spiro atoms. The van der Waals surface area contributed by atoms with Crippen molar-refractivity contribution in [1.82, 2.24) is 13.7 Å². The van der Waals surface area contributed by atoms with Crippen LogP contribution >= 0.6 is 0 Å². The summed E-state index contributed by atoms with van der Waals surface area (Å²) >= 11 is 0. The Hall–Kier alpha value is -0.900. The van der Waals surface area contributed by atoms with Crippen molar-refractivity contribution < 1.29 is 64.8 Å². The van der Waals surface area contributed by atoms with Crippen LogP contribution in [0.25, 0.3) is 0 Å². The molecule has 29 heavy (non-hydrogen) atoms. The first kappa shape index (κ1) is 26.1. The van der Waals surface area contributed by atoms with Crippen LogP contribution in [0.15, 0.2) is 0 Å². The predicted molar refractivity (Wildman–Crippen MR) is 75.2 cm³/mol. The predicted octanol–water partition coefficient (Wildman–Crippen LogP) is -0.189. The number of hydrogen-bond donors (Lipinski definition) is 2. The van der Waals surface area contributed by atoms with Gasteiger partial charge in [-0.3, -0.25) is 0 Å². The monoisotopic (exact) mass is 511 g/mol. The van der Waals surface area contributed by atoms with Gasteiger partial charge in [0.05, 0.1) is 0 Å². The standard InChI is InChI=1S/C8H10F9N3O6S3/c9-5(10,7(13,14)29(25,26)20-3-1-18-2-4-20)6(11,12)27(21,22)19-28(23,24)8(15,16)17/h18-19H,1-4H2. The fourth-order valence-electron chi connectivity index (χ4n) is 1.79. The van der Waals surface area contributed by atoms with Crippen LogP contribution in [0.1, 0.15) is 0 Å².